The van der Waals surface area contributed by atoms with Gasteiger partial charge in [-0.05, 0) is 35.9 Å². The summed E-state index contributed by atoms with van der Waals surface area (Å²) in [5, 5.41) is 29.7. The molecule has 0 aliphatic carbocycles. The Bertz CT molecular complexity index is 612. The summed E-state index contributed by atoms with van der Waals surface area (Å²) < 4.78 is 0. The van der Waals surface area contributed by atoms with Crippen molar-refractivity contribution < 1.29 is 15.1 Å². The van der Waals surface area contributed by atoms with Crippen LogP contribution in [0.4, 0.5) is 5.69 Å². The Morgan fingerprint density at radius 2 is 1.53 bits per heavy atom. The molecule has 2 N–H and O–H groups in total. The van der Waals surface area contributed by atoms with Gasteiger partial charge in [-0.15, -0.1) is 0 Å². The van der Waals surface area contributed by atoms with Crippen LogP contribution in [0.25, 0.3) is 12.2 Å². The summed E-state index contributed by atoms with van der Waals surface area (Å²) in [5.41, 5.74) is 1.05. The fraction of sp³-hybridized carbons (Fsp3) is 0. The highest BCUT2D eigenvalue weighted by Crippen LogP contribution is 2.28. The molecule has 5 nitrogen and oxygen atoms in total. The molecular weight excluding hydrogens is 246 g/mol. The predicted octanol–water partition coefficient (Wildman–Crippen LogP) is 3.18. The maximum Gasteiger partial charge on any atom is 0.269 e. The van der Waals surface area contributed by atoms with Crippen molar-refractivity contribution in [1.29, 1.82) is 0 Å². The number of benzene rings is 2. The first-order valence-corrected chi connectivity index (χ1v) is 5.51. The van der Waals surface area contributed by atoms with E-state index in [1.54, 1.807) is 24.3 Å². The van der Waals surface area contributed by atoms with E-state index in [1.807, 2.05) is 0 Å². The molecule has 0 unspecified atom stereocenters. The topological polar surface area (TPSA) is 83.6 Å². The van der Waals surface area contributed by atoms with Crippen LogP contribution in [0.3, 0.4) is 0 Å². The van der Waals surface area contributed by atoms with Crippen molar-refractivity contribution in [1.82, 2.24) is 0 Å². The Morgan fingerprint density at radius 3 is 2.05 bits per heavy atom. The minimum Gasteiger partial charge on any atom is -0.507 e. The molecular formula is C14H11NO4. The van der Waals surface area contributed by atoms with Gasteiger partial charge in [0.25, 0.3) is 5.69 Å². The second kappa shape index (κ2) is 5.22. The van der Waals surface area contributed by atoms with Gasteiger partial charge in [-0.3, -0.25) is 10.1 Å². The number of nitro benzene ring substituents is 1. The van der Waals surface area contributed by atoms with Crippen molar-refractivity contribution in [3.63, 3.8) is 0 Å². The molecule has 0 aliphatic heterocycles. The molecule has 96 valence electrons. The molecule has 0 atom stereocenters. The van der Waals surface area contributed by atoms with Gasteiger partial charge in [0.15, 0.2) is 0 Å². The number of rotatable bonds is 3. The van der Waals surface area contributed by atoms with Gasteiger partial charge in [0.2, 0.25) is 0 Å². The van der Waals surface area contributed by atoms with E-state index < -0.39 is 4.92 Å². The van der Waals surface area contributed by atoms with E-state index in [0.717, 1.165) is 5.56 Å². The SMILES string of the molecule is O=[N+]([O-])c1ccc(C=Cc2c(O)cccc2O)cc1. The number of aromatic hydroxyl groups is 2. The van der Waals surface area contributed by atoms with E-state index in [1.165, 1.54) is 30.3 Å². The molecule has 2 rings (SSSR count). The third-order valence-electron chi connectivity index (χ3n) is 2.61. The van der Waals surface area contributed by atoms with Crippen LogP contribution in [-0.2, 0) is 0 Å². The van der Waals surface area contributed by atoms with Crippen LogP contribution in [0.1, 0.15) is 11.1 Å². The monoisotopic (exact) mass is 257 g/mol. The largest absolute Gasteiger partial charge is 0.507 e. The number of phenolic OH excluding ortho intramolecular Hbond substituents is 2. The van der Waals surface area contributed by atoms with Crippen LogP contribution < -0.4 is 0 Å². The lowest BCUT2D eigenvalue weighted by atomic mass is 10.1. The fourth-order valence-corrected chi connectivity index (χ4v) is 1.60. The zero-order chi connectivity index (χ0) is 13.8. The number of non-ortho nitro benzene ring substituents is 1. The molecule has 0 bridgehead atoms. The summed E-state index contributed by atoms with van der Waals surface area (Å²) in [7, 11) is 0. The predicted molar refractivity (Wildman–Crippen MR) is 71.8 cm³/mol. The third kappa shape index (κ3) is 2.90. The smallest absolute Gasteiger partial charge is 0.269 e. The second-order valence-electron chi connectivity index (χ2n) is 3.89. The normalized spacial score (nSPS) is 10.7. The summed E-state index contributed by atoms with van der Waals surface area (Å²) in [5.74, 6) is -0.0590. The number of phenols is 2. The molecule has 0 saturated carbocycles. The van der Waals surface area contributed by atoms with Crippen molar-refractivity contribution in [2.75, 3.05) is 0 Å². The third-order valence-corrected chi connectivity index (χ3v) is 2.61. The maximum atomic E-state index is 10.5. The van der Waals surface area contributed by atoms with Gasteiger partial charge < -0.3 is 10.2 Å². The molecule has 0 fully saturated rings. The quantitative estimate of drug-likeness (QED) is 0.502. The first kappa shape index (κ1) is 12.6. The molecule has 2 aromatic carbocycles. The van der Waals surface area contributed by atoms with E-state index in [4.69, 9.17) is 0 Å². The van der Waals surface area contributed by atoms with Gasteiger partial charge in [-0.1, -0.05) is 12.1 Å². The highest BCUT2D eigenvalue weighted by Gasteiger charge is 2.04. The molecule has 2 aromatic rings. The van der Waals surface area contributed by atoms with Crippen molar-refractivity contribution in [2.24, 2.45) is 0 Å². The van der Waals surface area contributed by atoms with E-state index in [-0.39, 0.29) is 17.2 Å². The van der Waals surface area contributed by atoms with Crippen molar-refractivity contribution in [3.05, 3.63) is 63.7 Å². The van der Waals surface area contributed by atoms with Gasteiger partial charge in [0.05, 0.1) is 10.5 Å². The summed E-state index contributed by atoms with van der Waals surface area (Å²) in [6.45, 7) is 0. The number of hydrogen-bond acceptors (Lipinski definition) is 4. The van der Waals surface area contributed by atoms with Gasteiger partial charge in [0, 0.05) is 12.1 Å². The van der Waals surface area contributed by atoms with E-state index in [2.05, 4.69) is 0 Å². The van der Waals surface area contributed by atoms with Crippen LogP contribution >= 0.6 is 0 Å². The van der Waals surface area contributed by atoms with Crippen molar-refractivity contribution in [3.8, 4) is 11.5 Å². The van der Waals surface area contributed by atoms with Gasteiger partial charge in [0.1, 0.15) is 11.5 Å². The highest BCUT2D eigenvalue weighted by molar-refractivity contribution is 5.75. The van der Waals surface area contributed by atoms with E-state index in [0.29, 0.717) is 5.56 Å². The van der Waals surface area contributed by atoms with Crippen LogP contribution in [-0.4, -0.2) is 15.1 Å². The van der Waals surface area contributed by atoms with E-state index in [9.17, 15) is 20.3 Å². The van der Waals surface area contributed by atoms with E-state index >= 15 is 0 Å². The molecule has 0 radical (unpaired) electrons. The standard InChI is InChI=1S/C14H11NO4/c16-13-2-1-3-14(17)12(13)9-6-10-4-7-11(8-5-10)15(18)19/h1-9,16-17H. The lowest BCUT2D eigenvalue weighted by Crippen LogP contribution is -1.86. The number of nitro groups is 1. The highest BCUT2D eigenvalue weighted by atomic mass is 16.6. The maximum absolute atomic E-state index is 10.5. The molecule has 0 aliphatic rings. The summed E-state index contributed by atoms with van der Waals surface area (Å²) in [4.78, 5) is 10.0. The van der Waals surface area contributed by atoms with Crippen LogP contribution in [0.2, 0.25) is 0 Å². The molecule has 0 heterocycles. The van der Waals surface area contributed by atoms with Gasteiger partial charge in [-0.25, -0.2) is 0 Å². The van der Waals surface area contributed by atoms with Crippen LogP contribution in [0.5, 0.6) is 11.5 Å². The minimum absolute atomic E-state index is 0.0163. The lowest BCUT2D eigenvalue weighted by molar-refractivity contribution is -0.384. The van der Waals surface area contributed by atoms with Crippen LogP contribution in [0.15, 0.2) is 42.5 Å². The summed E-state index contributed by atoms with van der Waals surface area (Å²) >= 11 is 0. The van der Waals surface area contributed by atoms with Crippen LogP contribution in [0, 0.1) is 10.1 Å². The Labute approximate surface area is 109 Å². The first-order chi connectivity index (χ1) is 9.08. The molecule has 5 heteroatoms. The zero-order valence-corrected chi connectivity index (χ0v) is 9.85. The molecule has 0 spiro atoms. The zero-order valence-electron chi connectivity index (χ0n) is 9.85. The fourth-order valence-electron chi connectivity index (χ4n) is 1.60. The summed E-state index contributed by atoms with van der Waals surface area (Å²) in [6, 6.07) is 10.4. The number of nitrogens with zero attached hydrogens (tertiary/aromatic N) is 1. The Balaban J connectivity index is 2.25. The second-order valence-corrected chi connectivity index (χ2v) is 3.89. The molecule has 0 amide bonds. The van der Waals surface area contributed by atoms with Crippen molar-refractivity contribution >= 4 is 17.8 Å². The average molecular weight is 257 g/mol. The van der Waals surface area contributed by atoms with Gasteiger partial charge >= 0.3 is 0 Å². The minimum atomic E-state index is -0.470. The number of hydrogen-bond donors (Lipinski definition) is 2. The first-order valence-electron chi connectivity index (χ1n) is 5.51. The Morgan fingerprint density at radius 1 is 0.947 bits per heavy atom. The average Bonchev–Trinajstić information content (AvgIpc) is 2.38. The van der Waals surface area contributed by atoms with Gasteiger partial charge in [-0.2, -0.15) is 0 Å². The Hall–Kier alpha value is -2.82. The van der Waals surface area contributed by atoms with Crippen molar-refractivity contribution in [2.45, 2.75) is 0 Å². The lowest BCUT2D eigenvalue weighted by Gasteiger charge is -2.01. The Kier molecular flexibility index (Phi) is 3.47. The molecule has 0 saturated heterocycles. The summed E-state index contributed by atoms with van der Waals surface area (Å²) in [6.07, 6.45) is 3.20. The molecule has 0 aromatic heterocycles. The molecule has 19 heavy (non-hydrogen) atoms.